The van der Waals surface area contributed by atoms with Crippen molar-refractivity contribution in [2.24, 2.45) is 0 Å². The molecule has 40 heavy (non-hydrogen) atoms. The van der Waals surface area contributed by atoms with Crippen LogP contribution in [0.15, 0.2) is 77.7 Å². The molecule has 0 radical (unpaired) electrons. The van der Waals surface area contributed by atoms with Crippen LogP contribution < -0.4 is 14.4 Å². The lowest BCUT2D eigenvalue weighted by Crippen LogP contribution is -2.52. The zero-order chi connectivity index (χ0) is 29.4. The SMILES string of the molecule is CCOc1ccccc1N(CC(=O)N(Cc1cccc(C)c1)[C@@H](C)C(=O)NC(C)C)S(=O)(=O)c1ccc(C)cc1. The predicted octanol–water partition coefficient (Wildman–Crippen LogP) is 4.84. The lowest BCUT2D eigenvalue weighted by molar-refractivity contribution is -0.139. The molecule has 0 unspecified atom stereocenters. The third kappa shape index (κ3) is 7.63. The van der Waals surface area contributed by atoms with Crippen molar-refractivity contribution >= 4 is 27.5 Å². The standard InChI is InChI=1S/C31H39N3O5S/c1-7-39-29-14-9-8-13-28(29)34(40(37,38)27-17-15-23(4)16-18-27)21-30(35)33(25(6)31(36)32-22(2)3)20-26-12-10-11-24(5)19-26/h8-19,22,25H,7,20-21H2,1-6H3,(H,32,36)/t25-/m0/s1. The molecule has 0 heterocycles. The lowest BCUT2D eigenvalue weighted by Gasteiger charge is -2.32. The Balaban J connectivity index is 2.09. The smallest absolute Gasteiger partial charge is 0.264 e. The monoisotopic (exact) mass is 565 g/mol. The molecule has 0 spiro atoms. The van der Waals surface area contributed by atoms with Crippen LogP contribution in [-0.2, 0) is 26.2 Å². The van der Waals surface area contributed by atoms with Crippen molar-refractivity contribution < 1.29 is 22.7 Å². The van der Waals surface area contributed by atoms with E-state index in [0.29, 0.717) is 12.4 Å². The molecule has 0 fully saturated rings. The molecule has 0 aromatic heterocycles. The highest BCUT2D eigenvalue weighted by molar-refractivity contribution is 7.92. The number of amides is 2. The topological polar surface area (TPSA) is 96.0 Å². The van der Waals surface area contributed by atoms with Crippen LogP contribution in [0, 0.1) is 13.8 Å². The third-order valence-electron chi connectivity index (χ3n) is 6.36. The van der Waals surface area contributed by atoms with Gasteiger partial charge in [0.1, 0.15) is 18.3 Å². The second-order valence-electron chi connectivity index (χ2n) is 10.1. The van der Waals surface area contributed by atoms with Gasteiger partial charge in [0, 0.05) is 12.6 Å². The minimum absolute atomic E-state index is 0.0491. The molecule has 1 atom stereocenters. The van der Waals surface area contributed by atoms with Crippen LogP contribution >= 0.6 is 0 Å². The summed E-state index contributed by atoms with van der Waals surface area (Å²) in [5.41, 5.74) is 3.00. The summed E-state index contributed by atoms with van der Waals surface area (Å²) in [6.45, 7) is 10.9. The van der Waals surface area contributed by atoms with Gasteiger partial charge in [-0.05, 0) is 71.4 Å². The highest BCUT2D eigenvalue weighted by Gasteiger charge is 2.34. The zero-order valence-electron chi connectivity index (χ0n) is 24.0. The predicted molar refractivity (Wildman–Crippen MR) is 158 cm³/mol. The number of benzene rings is 3. The van der Waals surface area contributed by atoms with Gasteiger partial charge in [-0.1, -0.05) is 59.7 Å². The Morgan fingerprint density at radius 1 is 0.900 bits per heavy atom. The van der Waals surface area contributed by atoms with E-state index in [2.05, 4.69) is 5.32 Å². The number of para-hydroxylation sites is 2. The molecule has 214 valence electrons. The molecule has 0 aliphatic carbocycles. The van der Waals surface area contributed by atoms with E-state index < -0.39 is 28.5 Å². The largest absolute Gasteiger partial charge is 0.492 e. The molecule has 9 heteroatoms. The van der Waals surface area contributed by atoms with Crippen LogP contribution in [0.2, 0.25) is 0 Å². The van der Waals surface area contributed by atoms with Gasteiger partial charge in [0.2, 0.25) is 11.8 Å². The fourth-order valence-corrected chi connectivity index (χ4v) is 5.71. The summed E-state index contributed by atoms with van der Waals surface area (Å²) in [7, 11) is -4.18. The Labute approximate surface area is 238 Å². The van der Waals surface area contributed by atoms with Crippen LogP contribution in [-0.4, -0.2) is 50.4 Å². The van der Waals surface area contributed by atoms with Crippen molar-refractivity contribution in [1.82, 2.24) is 10.2 Å². The van der Waals surface area contributed by atoms with Gasteiger partial charge in [-0.15, -0.1) is 0 Å². The van der Waals surface area contributed by atoms with Gasteiger partial charge in [-0.25, -0.2) is 8.42 Å². The van der Waals surface area contributed by atoms with E-state index >= 15 is 0 Å². The number of aryl methyl sites for hydroxylation is 2. The number of sulfonamides is 1. The number of anilines is 1. The average Bonchev–Trinajstić information content (AvgIpc) is 2.90. The maximum atomic E-state index is 14.0. The van der Waals surface area contributed by atoms with Gasteiger partial charge >= 0.3 is 0 Å². The number of rotatable bonds is 12. The van der Waals surface area contributed by atoms with Gasteiger partial charge in [-0.3, -0.25) is 13.9 Å². The highest BCUT2D eigenvalue weighted by Crippen LogP contribution is 2.33. The molecule has 0 saturated carbocycles. The Bertz CT molecular complexity index is 1420. The molecule has 3 aromatic carbocycles. The lowest BCUT2D eigenvalue weighted by atomic mass is 10.1. The number of hydrogen-bond acceptors (Lipinski definition) is 5. The fourth-order valence-electron chi connectivity index (χ4n) is 4.29. The first kappa shape index (κ1) is 30.7. The first-order valence-electron chi connectivity index (χ1n) is 13.4. The Hall–Kier alpha value is -3.85. The van der Waals surface area contributed by atoms with E-state index in [0.717, 1.165) is 21.0 Å². The summed E-state index contributed by atoms with van der Waals surface area (Å²) in [4.78, 5) is 28.6. The van der Waals surface area contributed by atoms with E-state index in [-0.39, 0.29) is 29.1 Å². The van der Waals surface area contributed by atoms with Gasteiger partial charge in [-0.2, -0.15) is 0 Å². The third-order valence-corrected chi connectivity index (χ3v) is 8.13. The van der Waals surface area contributed by atoms with E-state index in [9.17, 15) is 18.0 Å². The van der Waals surface area contributed by atoms with E-state index in [1.165, 1.54) is 17.0 Å². The molecule has 0 aliphatic heterocycles. The van der Waals surface area contributed by atoms with Crippen LogP contribution in [0.25, 0.3) is 0 Å². The number of carbonyl (C=O) groups excluding carboxylic acids is 2. The molecule has 3 aromatic rings. The second kappa shape index (κ2) is 13.5. The molecule has 2 amide bonds. The summed E-state index contributed by atoms with van der Waals surface area (Å²) in [5, 5.41) is 2.86. The fraction of sp³-hybridized carbons (Fsp3) is 0.355. The van der Waals surface area contributed by atoms with Crippen molar-refractivity contribution in [3.8, 4) is 5.75 Å². The van der Waals surface area contributed by atoms with Crippen molar-refractivity contribution in [2.45, 2.75) is 65.1 Å². The summed E-state index contributed by atoms with van der Waals surface area (Å²) >= 11 is 0. The molecule has 8 nitrogen and oxygen atoms in total. The maximum Gasteiger partial charge on any atom is 0.264 e. The van der Waals surface area contributed by atoms with Gasteiger partial charge in [0.25, 0.3) is 10.0 Å². The molecule has 1 N–H and O–H groups in total. The normalized spacial score (nSPS) is 12.1. The van der Waals surface area contributed by atoms with Gasteiger partial charge in [0.15, 0.2) is 0 Å². The van der Waals surface area contributed by atoms with Gasteiger partial charge < -0.3 is 15.0 Å². The minimum atomic E-state index is -4.18. The maximum absolute atomic E-state index is 14.0. The molecule has 3 rings (SSSR count). The van der Waals surface area contributed by atoms with Crippen LogP contribution in [0.3, 0.4) is 0 Å². The first-order valence-corrected chi connectivity index (χ1v) is 14.8. The van der Waals surface area contributed by atoms with E-state index in [1.807, 2.05) is 52.0 Å². The molecule has 0 aliphatic rings. The molecular weight excluding hydrogens is 526 g/mol. The number of ether oxygens (including phenoxy) is 1. The Morgan fingerprint density at radius 3 is 2.20 bits per heavy atom. The van der Waals surface area contributed by atoms with Crippen LogP contribution in [0.5, 0.6) is 5.75 Å². The van der Waals surface area contributed by atoms with Gasteiger partial charge in [0.05, 0.1) is 17.2 Å². The highest BCUT2D eigenvalue weighted by atomic mass is 32.2. The van der Waals surface area contributed by atoms with Crippen molar-refractivity contribution in [2.75, 3.05) is 17.5 Å². The first-order chi connectivity index (χ1) is 18.9. The van der Waals surface area contributed by atoms with Crippen LogP contribution in [0.4, 0.5) is 5.69 Å². The van der Waals surface area contributed by atoms with Crippen molar-refractivity contribution in [3.63, 3.8) is 0 Å². The second-order valence-corrected chi connectivity index (χ2v) is 11.9. The molecular formula is C31H39N3O5S. The number of nitrogens with one attached hydrogen (secondary N) is 1. The summed E-state index contributed by atoms with van der Waals surface area (Å²) in [5.74, 6) is -0.502. The average molecular weight is 566 g/mol. The number of nitrogens with zero attached hydrogens (tertiary/aromatic N) is 2. The zero-order valence-corrected chi connectivity index (χ0v) is 24.9. The molecule has 0 bridgehead atoms. The quantitative estimate of drug-likeness (QED) is 0.339. The number of carbonyl (C=O) groups is 2. The minimum Gasteiger partial charge on any atom is -0.492 e. The van der Waals surface area contributed by atoms with E-state index in [4.69, 9.17) is 4.74 Å². The van der Waals surface area contributed by atoms with E-state index in [1.54, 1.807) is 50.2 Å². The summed E-state index contributed by atoms with van der Waals surface area (Å²) in [6, 6.07) is 19.9. The summed E-state index contributed by atoms with van der Waals surface area (Å²) < 4.78 is 34.9. The van der Waals surface area contributed by atoms with Crippen molar-refractivity contribution in [1.29, 1.82) is 0 Å². The Kier molecular flexibility index (Phi) is 10.3. The van der Waals surface area contributed by atoms with Crippen LogP contribution in [0.1, 0.15) is 44.4 Å². The molecule has 0 saturated heterocycles. The van der Waals surface area contributed by atoms with Crippen molar-refractivity contribution in [3.05, 3.63) is 89.5 Å². The Morgan fingerprint density at radius 2 is 1.57 bits per heavy atom. The number of hydrogen-bond donors (Lipinski definition) is 1. The summed E-state index contributed by atoms with van der Waals surface area (Å²) in [6.07, 6.45) is 0.